The number of fused-ring (bicyclic) bond motifs is 1. The van der Waals surface area contributed by atoms with Gasteiger partial charge in [-0.1, -0.05) is 54.1 Å². The van der Waals surface area contributed by atoms with Crippen LogP contribution in [0.15, 0.2) is 53.6 Å². The van der Waals surface area contributed by atoms with Gasteiger partial charge in [-0.3, -0.25) is 0 Å². The normalized spacial score (nSPS) is 10.8. The Balaban J connectivity index is 1.79. The molecule has 3 rings (SSSR count). The van der Waals surface area contributed by atoms with Crippen molar-refractivity contribution in [1.82, 2.24) is 9.97 Å². The molecule has 2 aromatic carbocycles. The summed E-state index contributed by atoms with van der Waals surface area (Å²) in [4.78, 5) is 8.01. The number of aromatic nitrogens is 2. The number of hydrogen-bond donors (Lipinski definition) is 1. The molecule has 1 aromatic heterocycles. The van der Waals surface area contributed by atoms with Crippen molar-refractivity contribution in [3.8, 4) is 0 Å². The van der Waals surface area contributed by atoms with Crippen LogP contribution in [-0.4, -0.2) is 9.97 Å². The van der Waals surface area contributed by atoms with Gasteiger partial charge in [-0.15, -0.1) is 11.8 Å². The number of anilines is 1. The van der Waals surface area contributed by atoms with Gasteiger partial charge in [-0.05, 0) is 16.3 Å². The van der Waals surface area contributed by atoms with Gasteiger partial charge in [0.25, 0.3) is 0 Å². The molecule has 0 unspecified atom stereocenters. The van der Waals surface area contributed by atoms with Crippen molar-refractivity contribution in [2.75, 3.05) is 5.73 Å². The third-order valence-corrected chi connectivity index (χ3v) is 4.07. The first-order valence-corrected chi connectivity index (χ1v) is 7.47. The second-order valence-corrected chi connectivity index (χ2v) is 5.74. The Morgan fingerprint density at radius 2 is 1.80 bits per heavy atom. The van der Waals surface area contributed by atoms with E-state index in [1.807, 2.05) is 12.1 Å². The van der Waals surface area contributed by atoms with Crippen LogP contribution in [0, 0.1) is 0 Å². The minimum absolute atomic E-state index is 0.207. The van der Waals surface area contributed by atoms with E-state index in [4.69, 9.17) is 17.3 Å². The number of thioether (sulfide) groups is 1. The molecule has 100 valence electrons. The summed E-state index contributed by atoms with van der Waals surface area (Å²) in [6.45, 7) is 0. The van der Waals surface area contributed by atoms with E-state index in [-0.39, 0.29) is 5.95 Å². The van der Waals surface area contributed by atoms with Crippen LogP contribution in [0.25, 0.3) is 10.8 Å². The smallest absolute Gasteiger partial charge is 0.222 e. The van der Waals surface area contributed by atoms with E-state index in [1.165, 1.54) is 16.3 Å². The lowest BCUT2D eigenvalue weighted by Gasteiger charge is -2.04. The SMILES string of the molecule is Nc1nc(Cl)cc(SCc2ccc3ccccc3c2)n1. The van der Waals surface area contributed by atoms with Gasteiger partial charge in [0.2, 0.25) is 5.95 Å². The quantitative estimate of drug-likeness (QED) is 0.583. The fraction of sp³-hybridized carbons (Fsp3) is 0.0667. The van der Waals surface area contributed by atoms with Crippen LogP contribution in [-0.2, 0) is 5.75 Å². The third-order valence-electron chi connectivity index (χ3n) is 2.89. The van der Waals surface area contributed by atoms with E-state index < -0.39 is 0 Å². The van der Waals surface area contributed by atoms with Crippen LogP contribution in [0.4, 0.5) is 5.95 Å². The summed E-state index contributed by atoms with van der Waals surface area (Å²) >= 11 is 7.46. The second-order valence-electron chi connectivity index (χ2n) is 4.36. The maximum Gasteiger partial charge on any atom is 0.222 e. The highest BCUT2D eigenvalue weighted by Crippen LogP contribution is 2.25. The van der Waals surface area contributed by atoms with Gasteiger partial charge in [-0.2, -0.15) is 0 Å². The van der Waals surface area contributed by atoms with E-state index in [9.17, 15) is 0 Å². The molecule has 2 N–H and O–H groups in total. The van der Waals surface area contributed by atoms with Gasteiger partial charge in [-0.25, -0.2) is 9.97 Å². The van der Waals surface area contributed by atoms with Crippen LogP contribution in [0.2, 0.25) is 5.15 Å². The zero-order valence-electron chi connectivity index (χ0n) is 10.6. The van der Waals surface area contributed by atoms with Crippen molar-refractivity contribution in [1.29, 1.82) is 0 Å². The number of nitrogens with two attached hydrogens (primary N) is 1. The lowest BCUT2D eigenvalue weighted by molar-refractivity contribution is 1.06. The largest absolute Gasteiger partial charge is 0.368 e. The van der Waals surface area contributed by atoms with Gasteiger partial charge >= 0.3 is 0 Å². The Hall–Kier alpha value is -1.78. The van der Waals surface area contributed by atoms with Crippen LogP contribution in [0.1, 0.15) is 5.56 Å². The zero-order valence-corrected chi connectivity index (χ0v) is 12.2. The molecule has 0 atom stereocenters. The van der Waals surface area contributed by atoms with Gasteiger partial charge in [0.15, 0.2) is 0 Å². The molecule has 0 saturated carbocycles. The van der Waals surface area contributed by atoms with E-state index in [2.05, 4.69) is 40.3 Å². The van der Waals surface area contributed by atoms with Crippen LogP contribution >= 0.6 is 23.4 Å². The Kier molecular flexibility index (Phi) is 3.76. The maximum atomic E-state index is 5.87. The lowest BCUT2D eigenvalue weighted by Crippen LogP contribution is -1.95. The zero-order chi connectivity index (χ0) is 13.9. The minimum atomic E-state index is 0.207. The van der Waals surface area contributed by atoms with Gasteiger partial charge < -0.3 is 5.73 Å². The van der Waals surface area contributed by atoms with Crippen molar-refractivity contribution in [3.05, 3.63) is 59.2 Å². The molecule has 5 heteroatoms. The van der Waals surface area contributed by atoms with Crippen molar-refractivity contribution < 1.29 is 0 Å². The number of rotatable bonds is 3. The molecule has 0 aliphatic rings. The Morgan fingerprint density at radius 3 is 2.60 bits per heavy atom. The number of halogens is 1. The summed E-state index contributed by atoms with van der Waals surface area (Å²) < 4.78 is 0. The average Bonchev–Trinajstić information content (AvgIpc) is 2.44. The van der Waals surface area contributed by atoms with Crippen molar-refractivity contribution in [2.24, 2.45) is 0 Å². The first-order chi connectivity index (χ1) is 9.70. The van der Waals surface area contributed by atoms with Gasteiger partial charge in [0.05, 0.1) is 0 Å². The molecule has 0 radical (unpaired) electrons. The minimum Gasteiger partial charge on any atom is -0.368 e. The second kappa shape index (κ2) is 5.69. The fourth-order valence-corrected chi connectivity index (χ4v) is 3.08. The summed E-state index contributed by atoms with van der Waals surface area (Å²) in [7, 11) is 0. The molecule has 0 aliphatic carbocycles. The molecular formula is C15H12ClN3S. The van der Waals surface area contributed by atoms with Crippen LogP contribution < -0.4 is 5.73 Å². The molecule has 0 bridgehead atoms. The number of nitrogens with zero attached hydrogens (tertiary/aromatic N) is 2. The molecule has 3 aromatic rings. The standard InChI is InChI=1S/C15H12ClN3S/c16-13-8-14(19-15(17)18-13)20-9-10-5-6-11-3-1-2-4-12(11)7-10/h1-8H,9H2,(H2,17,18,19). The van der Waals surface area contributed by atoms with Crippen LogP contribution in [0.3, 0.4) is 0 Å². The molecule has 0 aliphatic heterocycles. The van der Waals surface area contributed by atoms with Crippen molar-refractivity contribution >= 4 is 40.1 Å². The Morgan fingerprint density at radius 1 is 1.00 bits per heavy atom. The lowest BCUT2D eigenvalue weighted by atomic mass is 10.1. The van der Waals surface area contributed by atoms with Gasteiger partial charge in [0, 0.05) is 11.8 Å². The fourth-order valence-electron chi connectivity index (χ4n) is 1.97. The highest BCUT2D eigenvalue weighted by atomic mass is 35.5. The first kappa shape index (κ1) is 13.2. The van der Waals surface area contributed by atoms with Gasteiger partial charge in [0.1, 0.15) is 10.2 Å². The van der Waals surface area contributed by atoms with E-state index in [0.717, 1.165) is 10.8 Å². The Labute approximate surface area is 126 Å². The maximum absolute atomic E-state index is 5.87. The summed E-state index contributed by atoms with van der Waals surface area (Å²) in [5, 5.41) is 3.65. The molecule has 0 saturated heterocycles. The summed E-state index contributed by atoms with van der Waals surface area (Å²) in [6.07, 6.45) is 0. The van der Waals surface area contributed by atoms with Crippen LogP contribution in [0.5, 0.6) is 0 Å². The number of hydrogen-bond acceptors (Lipinski definition) is 4. The molecule has 0 spiro atoms. The third kappa shape index (κ3) is 3.03. The molecule has 20 heavy (non-hydrogen) atoms. The Bertz CT molecular complexity index is 741. The highest BCUT2D eigenvalue weighted by Gasteiger charge is 2.03. The van der Waals surface area contributed by atoms with Crippen molar-refractivity contribution in [2.45, 2.75) is 10.8 Å². The summed E-state index contributed by atoms with van der Waals surface area (Å²) in [5.74, 6) is 1.02. The predicted octanol–water partition coefficient (Wildman–Crippen LogP) is 4.16. The first-order valence-electron chi connectivity index (χ1n) is 6.11. The summed E-state index contributed by atoms with van der Waals surface area (Å²) in [5.41, 5.74) is 6.82. The van der Waals surface area contributed by atoms with E-state index in [1.54, 1.807) is 17.8 Å². The molecule has 0 fully saturated rings. The van der Waals surface area contributed by atoms with Crippen molar-refractivity contribution in [3.63, 3.8) is 0 Å². The monoisotopic (exact) mass is 301 g/mol. The summed E-state index contributed by atoms with van der Waals surface area (Å²) in [6, 6.07) is 16.5. The number of nitrogen functional groups attached to an aromatic ring is 1. The molecule has 1 heterocycles. The number of benzene rings is 2. The topological polar surface area (TPSA) is 51.8 Å². The van der Waals surface area contributed by atoms with E-state index in [0.29, 0.717) is 5.15 Å². The average molecular weight is 302 g/mol. The van der Waals surface area contributed by atoms with E-state index >= 15 is 0 Å². The molecular weight excluding hydrogens is 290 g/mol. The molecule has 3 nitrogen and oxygen atoms in total. The molecule has 0 amide bonds. The highest BCUT2D eigenvalue weighted by molar-refractivity contribution is 7.98. The predicted molar refractivity (Wildman–Crippen MR) is 85.0 cm³/mol.